The Kier molecular flexibility index (Phi) is 12.6. The summed E-state index contributed by atoms with van der Waals surface area (Å²) in [6, 6.07) is 0. The van der Waals surface area contributed by atoms with Gasteiger partial charge in [-0.1, -0.05) is 0 Å². The fraction of sp³-hybridized carbons (Fsp3) is 1.00. The number of hydrogen-bond donors (Lipinski definition) is 3. The second-order valence-corrected chi connectivity index (χ2v) is 2.21. The van der Waals surface area contributed by atoms with Crippen molar-refractivity contribution in [3.63, 3.8) is 0 Å². The Morgan fingerprint density at radius 2 is 1.00 bits per heavy atom. The minimum atomic E-state index is 0. The van der Waals surface area contributed by atoms with E-state index in [9.17, 15) is 0 Å². The highest BCUT2D eigenvalue weighted by molar-refractivity contribution is 5.85. The molecule has 0 fully saturated rings. The van der Waals surface area contributed by atoms with E-state index in [4.69, 9.17) is 17.2 Å². The van der Waals surface area contributed by atoms with Gasteiger partial charge in [-0.15, -0.1) is 12.4 Å². The van der Waals surface area contributed by atoms with Crippen molar-refractivity contribution in [2.45, 2.75) is 0 Å². The quantitative estimate of drug-likeness (QED) is 0.472. The van der Waals surface area contributed by atoms with Gasteiger partial charge in [-0.3, -0.25) is 4.90 Å². The van der Waals surface area contributed by atoms with E-state index < -0.39 is 0 Å². The highest BCUT2D eigenvalue weighted by Gasteiger charge is 1.98. The summed E-state index contributed by atoms with van der Waals surface area (Å²) in [5.41, 5.74) is 16.1. The van der Waals surface area contributed by atoms with Gasteiger partial charge >= 0.3 is 0 Å². The summed E-state index contributed by atoms with van der Waals surface area (Å²) in [6.07, 6.45) is 0. The maximum Gasteiger partial charge on any atom is 0.0106 e. The van der Waals surface area contributed by atoms with Crippen LogP contribution in [0.15, 0.2) is 0 Å². The zero-order valence-electron chi connectivity index (χ0n) is 6.83. The van der Waals surface area contributed by atoms with E-state index in [0.717, 1.165) is 19.6 Å². The lowest BCUT2D eigenvalue weighted by atomic mass is 10.4. The molecular formula is C6H19ClN4. The maximum atomic E-state index is 5.37. The molecule has 0 aromatic heterocycles. The smallest absolute Gasteiger partial charge is 0.0106 e. The van der Waals surface area contributed by atoms with Gasteiger partial charge in [0.25, 0.3) is 0 Å². The standard InChI is InChI=1S/C6H18N4.ClH/c7-1-4-10(5-2-8)6-3-9;/h1-9H2;1H. The molecule has 0 aliphatic carbocycles. The van der Waals surface area contributed by atoms with E-state index in [1.54, 1.807) is 0 Å². The zero-order valence-corrected chi connectivity index (χ0v) is 7.65. The molecule has 0 heterocycles. The first-order valence-electron chi connectivity index (χ1n) is 3.67. The van der Waals surface area contributed by atoms with Gasteiger partial charge in [0.15, 0.2) is 0 Å². The van der Waals surface area contributed by atoms with Crippen LogP contribution in [0.3, 0.4) is 0 Å². The number of halogens is 1. The SMILES string of the molecule is Cl.NCCN(CCN)CCN. The largest absolute Gasteiger partial charge is 0.329 e. The average molecular weight is 183 g/mol. The van der Waals surface area contributed by atoms with Crippen molar-refractivity contribution in [2.24, 2.45) is 17.2 Å². The van der Waals surface area contributed by atoms with Gasteiger partial charge in [-0.25, -0.2) is 0 Å². The van der Waals surface area contributed by atoms with Gasteiger partial charge in [0.2, 0.25) is 0 Å². The normalized spacial score (nSPS) is 9.82. The lowest BCUT2D eigenvalue weighted by Crippen LogP contribution is -2.37. The fourth-order valence-electron chi connectivity index (χ4n) is 0.883. The van der Waals surface area contributed by atoms with Crippen molar-refractivity contribution in [1.29, 1.82) is 0 Å². The van der Waals surface area contributed by atoms with Crippen LogP contribution in [0.2, 0.25) is 0 Å². The molecule has 0 aromatic carbocycles. The number of hydrogen-bond acceptors (Lipinski definition) is 4. The van der Waals surface area contributed by atoms with Gasteiger partial charge in [0, 0.05) is 39.3 Å². The average Bonchev–Trinajstić information content (AvgIpc) is 1.90. The summed E-state index contributed by atoms with van der Waals surface area (Å²) in [5.74, 6) is 0. The van der Waals surface area contributed by atoms with Crippen LogP contribution in [0, 0.1) is 0 Å². The zero-order chi connectivity index (χ0) is 7.82. The van der Waals surface area contributed by atoms with Crippen molar-refractivity contribution < 1.29 is 0 Å². The lowest BCUT2D eigenvalue weighted by Gasteiger charge is -2.18. The van der Waals surface area contributed by atoms with Gasteiger partial charge in [0.05, 0.1) is 0 Å². The molecule has 0 amide bonds. The molecule has 0 rings (SSSR count). The van der Waals surface area contributed by atoms with Crippen LogP contribution < -0.4 is 17.2 Å². The maximum absolute atomic E-state index is 5.37. The fourth-order valence-corrected chi connectivity index (χ4v) is 0.883. The Morgan fingerprint density at radius 3 is 1.18 bits per heavy atom. The Morgan fingerprint density at radius 1 is 0.727 bits per heavy atom. The molecule has 0 aromatic rings. The van der Waals surface area contributed by atoms with Crippen LogP contribution >= 0.6 is 12.4 Å². The monoisotopic (exact) mass is 182 g/mol. The van der Waals surface area contributed by atoms with E-state index in [-0.39, 0.29) is 12.4 Å². The number of nitrogens with zero attached hydrogens (tertiary/aromatic N) is 1. The third kappa shape index (κ3) is 8.03. The molecule has 6 N–H and O–H groups in total. The molecule has 0 aliphatic rings. The van der Waals surface area contributed by atoms with Gasteiger partial charge in [0.1, 0.15) is 0 Å². The molecule has 5 heteroatoms. The summed E-state index contributed by atoms with van der Waals surface area (Å²) < 4.78 is 0. The summed E-state index contributed by atoms with van der Waals surface area (Å²) in [5, 5.41) is 0. The summed E-state index contributed by atoms with van der Waals surface area (Å²) in [7, 11) is 0. The van der Waals surface area contributed by atoms with E-state index in [1.807, 2.05) is 0 Å². The summed E-state index contributed by atoms with van der Waals surface area (Å²) in [4.78, 5) is 2.17. The molecule has 4 nitrogen and oxygen atoms in total. The highest BCUT2D eigenvalue weighted by atomic mass is 35.5. The van der Waals surface area contributed by atoms with Crippen LogP contribution in [-0.2, 0) is 0 Å². The number of rotatable bonds is 6. The molecular weight excluding hydrogens is 164 g/mol. The second-order valence-electron chi connectivity index (χ2n) is 2.21. The predicted molar refractivity (Wildman–Crippen MR) is 50.9 cm³/mol. The van der Waals surface area contributed by atoms with Gasteiger partial charge in [-0.2, -0.15) is 0 Å². The minimum absolute atomic E-state index is 0. The van der Waals surface area contributed by atoms with E-state index in [2.05, 4.69) is 4.90 Å². The Hall–Kier alpha value is 0.130. The van der Waals surface area contributed by atoms with Gasteiger partial charge in [-0.05, 0) is 0 Å². The molecule has 0 saturated heterocycles. The molecule has 0 unspecified atom stereocenters. The third-order valence-electron chi connectivity index (χ3n) is 1.34. The molecule has 0 aliphatic heterocycles. The molecule has 0 radical (unpaired) electrons. The van der Waals surface area contributed by atoms with Crippen LogP contribution in [0.1, 0.15) is 0 Å². The topological polar surface area (TPSA) is 81.3 Å². The Labute approximate surface area is 74.5 Å². The van der Waals surface area contributed by atoms with Crippen LogP contribution in [0.4, 0.5) is 0 Å². The second kappa shape index (κ2) is 10.1. The Balaban J connectivity index is 0. The molecule has 0 bridgehead atoms. The number of nitrogens with two attached hydrogens (primary N) is 3. The van der Waals surface area contributed by atoms with Crippen LogP contribution in [0.5, 0.6) is 0 Å². The first kappa shape index (κ1) is 13.7. The summed E-state index contributed by atoms with van der Waals surface area (Å²) in [6.45, 7) is 4.73. The third-order valence-corrected chi connectivity index (χ3v) is 1.34. The summed E-state index contributed by atoms with van der Waals surface area (Å²) >= 11 is 0. The molecule has 0 spiro atoms. The molecule has 11 heavy (non-hydrogen) atoms. The van der Waals surface area contributed by atoms with E-state index >= 15 is 0 Å². The van der Waals surface area contributed by atoms with Crippen molar-refractivity contribution in [3.8, 4) is 0 Å². The predicted octanol–water partition coefficient (Wildman–Crippen LogP) is -1.41. The van der Waals surface area contributed by atoms with Crippen molar-refractivity contribution >= 4 is 12.4 Å². The minimum Gasteiger partial charge on any atom is -0.329 e. The van der Waals surface area contributed by atoms with Crippen molar-refractivity contribution in [1.82, 2.24) is 4.90 Å². The first-order chi connectivity index (χ1) is 4.85. The Bertz CT molecular complexity index is 57.3. The van der Waals surface area contributed by atoms with E-state index in [0.29, 0.717) is 19.6 Å². The molecule has 70 valence electrons. The highest BCUT2D eigenvalue weighted by Crippen LogP contribution is 1.81. The molecule has 0 atom stereocenters. The lowest BCUT2D eigenvalue weighted by molar-refractivity contribution is 0.297. The van der Waals surface area contributed by atoms with E-state index in [1.165, 1.54) is 0 Å². The van der Waals surface area contributed by atoms with Crippen LogP contribution in [-0.4, -0.2) is 44.2 Å². The van der Waals surface area contributed by atoms with Gasteiger partial charge < -0.3 is 17.2 Å². The van der Waals surface area contributed by atoms with Crippen LogP contribution in [0.25, 0.3) is 0 Å². The molecule has 0 saturated carbocycles. The van der Waals surface area contributed by atoms with Crippen molar-refractivity contribution in [3.05, 3.63) is 0 Å². The van der Waals surface area contributed by atoms with Crippen molar-refractivity contribution in [2.75, 3.05) is 39.3 Å². The first-order valence-corrected chi connectivity index (χ1v) is 3.67.